The van der Waals surface area contributed by atoms with Gasteiger partial charge in [0.05, 0.1) is 34.5 Å². The van der Waals surface area contributed by atoms with Crippen LogP contribution in [0.1, 0.15) is 42.8 Å². The molecule has 0 radical (unpaired) electrons. The van der Waals surface area contributed by atoms with E-state index in [9.17, 15) is 9.59 Å². The Hall–Kier alpha value is -3.01. The Morgan fingerprint density at radius 3 is 2.54 bits per heavy atom. The summed E-state index contributed by atoms with van der Waals surface area (Å²) < 4.78 is 7.48. The highest BCUT2D eigenvalue weighted by atomic mass is 35.5. The van der Waals surface area contributed by atoms with Crippen molar-refractivity contribution < 1.29 is 14.3 Å². The number of para-hydroxylation sites is 2. The summed E-state index contributed by atoms with van der Waals surface area (Å²) in [6.07, 6.45) is 0. The largest absolute Gasteiger partial charge is 0.496 e. The number of carbonyl (C=O) groups is 2. The lowest BCUT2D eigenvalue weighted by Crippen LogP contribution is -2.43. The third-order valence-corrected chi connectivity index (χ3v) is 8.04. The number of thioether (sulfide) groups is 1. The average molecular weight is 570 g/mol. The Bertz CT molecular complexity index is 1350. The zero-order valence-electron chi connectivity index (χ0n) is 23.3. The van der Waals surface area contributed by atoms with Gasteiger partial charge in [0, 0.05) is 29.6 Å². The standard InChI is InChI=1S/C29H36ClN5O3S/c1-29(2,3)27-25-26(19-11-7-10-14-22(19)38-6)39-18-24(37)34(17-23(36)31-15-16-33(4)5)28(25)35(32-27)21-13-9-8-12-20(21)30/h7-14,26H,15-18H2,1-6H3,(H,31,36). The van der Waals surface area contributed by atoms with Gasteiger partial charge in [-0.1, -0.05) is 62.7 Å². The second kappa shape index (κ2) is 12.0. The van der Waals surface area contributed by atoms with E-state index in [1.54, 1.807) is 22.8 Å². The van der Waals surface area contributed by atoms with Crippen LogP contribution in [0.4, 0.5) is 5.82 Å². The lowest BCUT2D eigenvalue weighted by molar-refractivity contribution is -0.122. The van der Waals surface area contributed by atoms with Crippen LogP contribution in [0.15, 0.2) is 48.5 Å². The van der Waals surface area contributed by atoms with E-state index in [1.165, 1.54) is 11.8 Å². The summed E-state index contributed by atoms with van der Waals surface area (Å²) in [6, 6.07) is 15.3. The van der Waals surface area contributed by atoms with Gasteiger partial charge in [0.2, 0.25) is 11.8 Å². The number of nitrogens with one attached hydrogen (secondary N) is 1. The van der Waals surface area contributed by atoms with Gasteiger partial charge in [-0.05, 0) is 32.3 Å². The van der Waals surface area contributed by atoms with Crippen LogP contribution in [0, 0.1) is 0 Å². The van der Waals surface area contributed by atoms with Crippen LogP contribution in [-0.4, -0.2) is 73.1 Å². The van der Waals surface area contributed by atoms with Gasteiger partial charge in [0.15, 0.2) is 0 Å². The van der Waals surface area contributed by atoms with Crippen molar-refractivity contribution >= 4 is 41.0 Å². The maximum absolute atomic E-state index is 13.8. The first-order valence-corrected chi connectivity index (χ1v) is 14.3. The van der Waals surface area contributed by atoms with Gasteiger partial charge >= 0.3 is 0 Å². The quantitative estimate of drug-likeness (QED) is 0.424. The molecule has 0 saturated carbocycles. The topological polar surface area (TPSA) is 79.7 Å². The molecule has 0 fully saturated rings. The molecule has 1 aromatic heterocycles. The first kappa shape index (κ1) is 29.0. The molecular weight excluding hydrogens is 534 g/mol. The maximum atomic E-state index is 13.8. The summed E-state index contributed by atoms with van der Waals surface area (Å²) in [7, 11) is 5.54. The Kier molecular flexibility index (Phi) is 8.93. The third-order valence-electron chi connectivity index (χ3n) is 6.48. The van der Waals surface area contributed by atoms with Gasteiger partial charge in [-0.15, -0.1) is 11.8 Å². The van der Waals surface area contributed by atoms with Crippen LogP contribution in [0.3, 0.4) is 0 Å². The highest BCUT2D eigenvalue weighted by molar-refractivity contribution is 8.00. The number of hydrogen-bond acceptors (Lipinski definition) is 6. The number of rotatable bonds is 8. The minimum Gasteiger partial charge on any atom is -0.496 e. The molecule has 2 aromatic carbocycles. The number of hydrogen-bond donors (Lipinski definition) is 1. The Labute approximate surface area is 239 Å². The molecule has 1 atom stereocenters. The lowest BCUT2D eigenvalue weighted by Gasteiger charge is -2.25. The average Bonchev–Trinajstić information content (AvgIpc) is 3.22. The van der Waals surface area contributed by atoms with Gasteiger partial charge in [-0.2, -0.15) is 5.10 Å². The fourth-order valence-electron chi connectivity index (χ4n) is 4.61. The molecule has 2 heterocycles. The van der Waals surface area contributed by atoms with Crippen LogP contribution in [0.5, 0.6) is 5.75 Å². The number of anilines is 1. The number of nitrogens with zero attached hydrogens (tertiary/aromatic N) is 4. The van der Waals surface area contributed by atoms with E-state index in [0.29, 0.717) is 29.6 Å². The second-order valence-electron chi connectivity index (χ2n) is 10.8. The van der Waals surface area contributed by atoms with Crippen LogP contribution in [0.2, 0.25) is 5.02 Å². The lowest BCUT2D eigenvalue weighted by atomic mass is 9.87. The number of carbonyl (C=O) groups excluding carboxylic acids is 2. The summed E-state index contributed by atoms with van der Waals surface area (Å²) in [4.78, 5) is 30.4. The first-order chi connectivity index (χ1) is 18.5. The van der Waals surface area contributed by atoms with E-state index in [0.717, 1.165) is 22.6 Å². The van der Waals surface area contributed by atoms with E-state index >= 15 is 0 Å². The van der Waals surface area contributed by atoms with Crippen molar-refractivity contribution in [3.05, 3.63) is 70.4 Å². The normalized spacial score (nSPS) is 15.7. The van der Waals surface area contributed by atoms with E-state index in [-0.39, 0.29) is 34.8 Å². The van der Waals surface area contributed by atoms with Crippen LogP contribution >= 0.6 is 23.4 Å². The van der Waals surface area contributed by atoms with Crippen molar-refractivity contribution in [2.24, 2.45) is 0 Å². The number of aromatic nitrogens is 2. The Balaban J connectivity index is 1.96. The molecule has 1 aliphatic rings. The molecular formula is C29H36ClN5O3S. The molecule has 0 bridgehead atoms. The summed E-state index contributed by atoms with van der Waals surface area (Å²) in [5.74, 6) is 1.07. The molecule has 10 heteroatoms. The van der Waals surface area contributed by atoms with Crippen molar-refractivity contribution in [2.75, 3.05) is 51.5 Å². The fraction of sp³-hybridized carbons (Fsp3) is 0.414. The molecule has 0 saturated heterocycles. The zero-order chi connectivity index (χ0) is 28.3. The van der Waals surface area contributed by atoms with Crippen molar-refractivity contribution in [2.45, 2.75) is 31.4 Å². The van der Waals surface area contributed by atoms with Crippen molar-refractivity contribution in [1.82, 2.24) is 20.0 Å². The molecule has 39 heavy (non-hydrogen) atoms. The molecule has 4 rings (SSSR count). The van der Waals surface area contributed by atoms with Gasteiger partial charge in [0.1, 0.15) is 18.1 Å². The molecule has 1 unspecified atom stereocenters. The number of amides is 2. The van der Waals surface area contributed by atoms with E-state index in [4.69, 9.17) is 21.4 Å². The second-order valence-corrected chi connectivity index (χ2v) is 12.3. The highest BCUT2D eigenvalue weighted by Crippen LogP contribution is 2.50. The Morgan fingerprint density at radius 2 is 1.87 bits per heavy atom. The van der Waals surface area contributed by atoms with Crippen molar-refractivity contribution in [3.63, 3.8) is 0 Å². The third kappa shape index (κ3) is 6.26. The van der Waals surface area contributed by atoms with Crippen molar-refractivity contribution in [3.8, 4) is 11.4 Å². The van der Waals surface area contributed by atoms with Gasteiger partial charge in [0.25, 0.3) is 0 Å². The predicted molar refractivity (Wildman–Crippen MR) is 158 cm³/mol. The zero-order valence-corrected chi connectivity index (χ0v) is 24.9. The van der Waals surface area contributed by atoms with Crippen LogP contribution in [0.25, 0.3) is 5.69 Å². The van der Waals surface area contributed by atoms with Gasteiger partial charge in [-0.3, -0.25) is 14.5 Å². The number of fused-ring (bicyclic) bond motifs is 1. The Morgan fingerprint density at radius 1 is 1.18 bits per heavy atom. The maximum Gasteiger partial charge on any atom is 0.240 e. The fourth-order valence-corrected chi connectivity index (χ4v) is 6.05. The minimum atomic E-state index is -0.371. The smallest absolute Gasteiger partial charge is 0.240 e. The summed E-state index contributed by atoms with van der Waals surface area (Å²) in [5.41, 5.74) is 2.92. The molecule has 0 aliphatic carbocycles. The molecule has 3 aromatic rings. The number of likely N-dealkylation sites (N-methyl/N-ethyl adjacent to an activating group) is 1. The first-order valence-electron chi connectivity index (χ1n) is 12.9. The van der Waals surface area contributed by atoms with Crippen LogP contribution in [-0.2, 0) is 15.0 Å². The monoisotopic (exact) mass is 569 g/mol. The molecule has 8 nitrogen and oxygen atoms in total. The van der Waals surface area contributed by atoms with E-state index < -0.39 is 0 Å². The highest BCUT2D eigenvalue weighted by Gasteiger charge is 2.40. The SMILES string of the molecule is COc1ccccc1C1SCC(=O)N(CC(=O)NCCN(C)C)c2c1c(C(C)(C)C)nn2-c1ccccc1Cl. The number of methoxy groups -OCH3 is 1. The summed E-state index contributed by atoms with van der Waals surface area (Å²) >= 11 is 8.20. The number of halogens is 1. The van der Waals surface area contributed by atoms with Gasteiger partial charge < -0.3 is 15.0 Å². The number of ether oxygens (including phenoxy) is 1. The predicted octanol–water partition coefficient (Wildman–Crippen LogP) is 4.68. The van der Waals surface area contributed by atoms with Gasteiger partial charge in [-0.25, -0.2) is 4.68 Å². The van der Waals surface area contributed by atoms with Crippen LogP contribution < -0.4 is 15.0 Å². The minimum absolute atomic E-state index is 0.127. The molecule has 208 valence electrons. The number of benzene rings is 2. The summed E-state index contributed by atoms with van der Waals surface area (Å²) in [6.45, 7) is 7.35. The summed E-state index contributed by atoms with van der Waals surface area (Å²) in [5, 5.41) is 8.28. The molecule has 0 spiro atoms. The van der Waals surface area contributed by atoms with Crippen molar-refractivity contribution in [1.29, 1.82) is 0 Å². The van der Waals surface area contributed by atoms with E-state index in [1.807, 2.05) is 61.5 Å². The molecule has 1 aliphatic heterocycles. The molecule has 1 N–H and O–H groups in total. The molecule has 2 amide bonds. The van der Waals surface area contributed by atoms with E-state index in [2.05, 4.69) is 26.1 Å².